The van der Waals surface area contributed by atoms with Crippen LogP contribution in [0, 0.1) is 13.8 Å². The molecule has 0 atom stereocenters. The Labute approximate surface area is 104 Å². The lowest BCUT2D eigenvalue weighted by Gasteiger charge is -2.07. The molecule has 0 fully saturated rings. The molecule has 1 aromatic carbocycles. The van der Waals surface area contributed by atoms with Gasteiger partial charge in [0.1, 0.15) is 5.75 Å². The number of aromatic nitrogens is 2. The topological polar surface area (TPSA) is 72.3 Å². The molecule has 1 N–H and O–H groups in total. The summed E-state index contributed by atoms with van der Waals surface area (Å²) in [7, 11) is 0. The minimum Gasteiger partial charge on any atom is -0.478 e. The summed E-state index contributed by atoms with van der Waals surface area (Å²) in [5.41, 5.74) is 1.57. The molecule has 18 heavy (non-hydrogen) atoms. The lowest BCUT2D eigenvalue weighted by atomic mass is 10.2. The van der Waals surface area contributed by atoms with Crippen molar-refractivity contribution in [3.8, 4) is 11.6 Å². The Kier molecular flexibility index (Phi) is 3.23. The summed E-state index contributed by atoms with van der Waals surface area (Å²) in [5.74, 6) is -0.178. The van der Waals surface area contributed by atoms with Crippen molar-refractivity contribution in [2.75, 3.05) is 0 Å². The van der Waals surface area contributed by atoms with Gasteiger partial charge in [0.25, 0.3) is 0 Å². The molecule has 0 bridgehead atoms. The van der Waals surface area contributed by atoms with E-state index in [1.807, 2.05) is 6.92 Å². The van der Waals surface area contributed by atoms with Crippen molar-refractivity contribution in [3.05, 3.63) is 47.4 Å². The van der Waals surface area contributed by atoms with Gasteiger partial charge in [-0.15, -0.1) is 0 Å². The molecular formula is C13H12N2O3. The number of aromatic carboxylic acids is 1. The summed E-state index contributed by atoms with van der Waals surface area (Å²) in [6.07, 6.45) is 1.65. The largest absolute Gasteiger partial charge is 0.478 e. The third kappa shape index (κ3) is 2.63. The van der Waals surface area contributed by atoms with Gasteiger partial charge in [-0.2, -0.15) is 0 Å². The van der Waals surface area contributed by atoms with Gasteiger partial charge in [-0.1, -0.05) is 6.07 Å². The minimum atomic E-state index is -0.993. The number of benzene rings is 1. The summed E-state index contributed by atoms with van der Waals surface area (Å²) in [4.78, 5) is 19.2. The number of hydrogen-bond donors (Lipinski definition) is 1. The van der Waals surface area contributed by atoms with E-state index in [2.05, 4.69) is 9.97 Å². The van der Waals surface area contributed by atoms with Gasteiger partial charge in [-0.05, 0) is 32.0 Å². The van der Waals surface area contributed by atoms with Crippen LogP contribution in [0.5, 0.6) is 11.6 Å². The Morgan fingerprint density at radius 1 is 1.33 bits per heavy atom. The van der Waals surface area contributed by atoms with Crippen molar-refractivity contribution in [2.24, 2.45) is 0 Å². The van der Waals surface area contributed by atoms with Gasteiger partial charge in [0.15, 0.2) is 0 Å². The molecule has 2 aromatic rings. The van der Waals surface area contributed by atoms with E-state index < -0.39 is 5.97 Å². The Balaban J connectivity index is 2.31. The molecule has 1 aromatic heterocycles. The van der Waals surface area contributed by atoms with Gasteiger partial charge in [0, 0.05) is 6.20 Å². The predicted octanol–water partition coefficient (Wildman–Crippen LogP) is 2.58. The van der Waals surface area contributed by atoms with Gasteiger partial charge in [0.2, 0.25) is 5.88 Å². The molecule has 2 rings (SSSR count). The highest BCUT2D eigenvalue weighted by molar-refractivity contribution is 5.88. The zero-order valence-corrected chi connectivity index (χ0v) is 10.0. The summed E-state index contributed by atoms with van der Waals surface area (Å²) >= 11 is 0. The minimum absolute atomic E-state index is 0.172. The Morgan fingerprint density at radius 2 is 2.11 bits per heavy atom. The van der Waals surface area contributed by atoms with E-state index in [1.54, 1.807) is 25.3 Å². The van der Waals surface area contributed by atoms with Crippen molar-refractivity contribution >= 4 is 5.97 Å². The second kappa shape index (κ2) is 4.83. The number of rotatable bonds is 3. The summed E-state index contributed by atoms with van der Waals surface area (Å²) in [6, 6.07) is 6.25. The fourth-order valence-electron chi connectivity index (χ4n) is 1.42. The second-order valence-electron chi connectivity index (χ2n) is 3.84. The third-order valence-corrected chi connectivity index (χ3v) is 2.33. The van der Waals surface area contributed by atoms with E-state index >= 15 is 0 Å². The highest BCUT2D eigenvalue weighted by Gasteiger charge is 2.07. The first kappa shape index (κ1) is 12.0. The summed E-state index contributed by atoms with van der Waals surface area (Å²) in [6.45, 7) is 3.59. The molecule has 0 spiro atoms. The van der Waals surface area contributed by atoms with E-state index in [0.29, 0.717) is 17.3 Å². The normalized spacial score (nSPS) is 10.1. The van der Waals surface area contributed by atoms with Crippen molar-refractivity contribution in [3.63, 3.8) is 0 Å². The first-order valence-electron chi connectivity index (χ1n) is 5.38. The van der Waals surface area contributed by atoms with Crippen LogP contribution in [-0.4, -0.2) is 21.0 Å². The SMILES string of the molecule is Cc1cnc(C)c(Oc2cccc(C(=O)O)c2)n1. The van der Waals surface area contributed by atoms with Crippen LogP contribution in [0.25, 0.3) is 0 Å². The van der Waals surface area contributed by atoms with Crippen molar-refractivity contribution in [1.82, 2.24) is 9.97 Å². The zero-order valence-electron chi connectivity index (χ0n) is 10.0. The molecule has 0 aliphatic rings. The van der Waals surface area contributed by atoms with Crippen LogP contribution in [0.1, 0.15) is 21.7 Å². The fraction of sp³-hybridized carbons (Fsp3) is 0.154. The zero-order chi connectivity index (χ0) is 13.1. The highest BCUT2D eigenvalue weighted by atomic mass is 16.5. The van der Waals surface area contributed by atoms with Gasteiger partial charge in [-0.25, -0.2) is 9.78 Å². The molecule has 92 valence electrons. The predicted molar refractivity (Wildman–Crippen MR) is 65.0 cm³/mol. The summed E-state index contributed by atoms with van der Waals surface area (Å²) < 4.78 is 5.54. The first-order chi connectivity index (χ1) is 8.56. The average molecular weight is 244 g/mol. The quantitative estimate of drug-likeness (QED) is 0.898. The number of hydrogen-bond acceptors (Lipinski definition) is 4. The first-order valence-corrected chi connectivity index (χ1v) is 5.38. The van der Waals surface area contributed by atoms with E-state index in [0.717, 1.165) is 5.69 Å². The molecule has 0 amide bonds. The molecule has 0 aliphatic carbocycles. The van der Waals surface area contributed by atoms with Crippen molar-refractivity contribution < 1.29 is 14.6 Å². The summed E-state index contributed by atoms with van der Waals surface area (Å²) in [5, 5.41) is 8.89. The van der Waals surface area contributed by atoms with Crippen LogP contribution in [0.2, 0.25) is 0 Å². The molecule has 5 nitrogen and oxygen atoms in total. The van der Waals surface area contributed by atoms with Gasteiger partial charge in [0.05, 0.1) is 17.0 Å². The molecule has 5 heteroatoms. The van der Waals surface area contributed by atoms with Crippen molar-refractivity contribution in [2.45, 2.75) is 13.8 Å². The van der Waals surface area contributed by atoms with E-state index in [-0.39, 0.29) is 5.56 Å². The van der Waals surface area contributed by atoms with Crippen LogP contribution < -0.4 is 4.74 Å². The maximum absolute atomic E-state index is 10.8. The average Bonchev–Trinajstić information content (AvgIpc) is 2.34. The van der Waals surface area contributed by atoms with Crippen molar-refractivity contribution in [1.29, 1.82) is 0 Å². The lowest BCUT2D eigenvalue weighted by molar-refractivity contribution is 0.0696. The maximum Gasteiger partial charge on any atom is 0.335 e. The van der Waals surface area contributed by atoms with E-state index in [9.17, 15) is 4.79 Å². The Hall–Kier alpha value is -2.43. The number of aryl methyl sites for hydroxylation is 2. The van der Waals surface area contributed by atoms with Crippen LogP contribution in [0.3, 0.4) is 0 Å². The van der Waals surface area contributed by atoms with Crippen LogP contribution in [-0.2, 0) is 0 Å². The number of carbonyl (C=O) groups is 1. The Bertz CT molecular complexity index is 597. The number of ether oxygens (including phenoxy) is 1. The highest BCUT2D eigenvalue weighted by Crippen LogP contribution is 2.22. The molecule has 0 radical (unpaired) electrons. The number of nitrogens with zero attached hydrogens (tertiary/aromatic N) is 2. The van der Waals surface area contributed by atoms with Gasteiger partial charge < -0.3 is 9.84 Å². The molecule has 0 unspecified atom stereocenters. The number of carboxylic acid groups (broad SMARTS) is 1. The molecular weight excluding hydrogens is 232 g/mol. The molecule has 0 saturated carbocycles. The monoisotopic (exact) mass is 244 g/mol. The fourth-order valence-corrected chi connectivity index (χ4v) is 1.42. The lowest BCUT2D eigenvalue weighted by Crippen LogP contribution is -1.98. The second-order valence-corrected chi connectivity index (χ2v) is 3.84. The third-order valence-electron chi connectivity index (χ3n) is 2.33. The van der Waals surface area contributed by atoms with Gasteiger partial charge in [-0.3, -0.25) is 4.98 Å². The van der Waals surface area contributed by atoms with Crippen LogP contribution in [0.15, 0.2) is 30.5 Å². The Morgan fingerprint density at radius 3 is 2.83 bits per heavy atom. The maximum atomic E-state index is 10.8. The van der Waals surface area contributed by atoms with E-state index in [4.69, 9.17) is 9.84 Å². The number of carboxylic acids is 1. The van der Waals surface area contributed by atoms with Gasteiger partial charge >= 0.3 is 5.97 Å². The molecule has 0 aliphatic heterocycles. The van der Waals surface area contributed by atoms with E-state index in [1.165, 1.54) is 12.1 Å². The van der Waals surface area contributed by atoms with Crippen LogP contribution in [0.4, 0.5) is 0 Å². The van der Waals surface area contributed by atoms with Crippen LogP contribution >= 0.6 is 0 Å². The molecule has 1 heterocycles. The molecule has 0 saturated heterocycles. The smallest absolute Gasteiger partial charge is 0.335 e. The standard InChI is InChI=1S/C13H12N2O3/c1-8-7-14-9(2)12(15-8)18-11-5-3-4-10(6-11)13(16)17/h3-7H,1-2H3,(H,16,17).